The average molecular weight is 273 g/mol. The molecule has 0 aromatic heterocycles. The molecule has 1 radical (unpaired) electrons. The summed E-state index contributed by atoms with van der Waals surface area (Å²) in [6, 6.07) is 25.6. The second-order valence-corrected chi connectivity index (χ2v) is 5.17. The van der Waals surface area contributed by atoms with Gasteiger partial charge in [0.05, 0.1) is 0 Å². The van der Waals surface area contributed by atoms with Crippen LogP contribution in [0.4, 0.5) is 0 Å². The van der Waals surface area contributed by atoms with Crippen LogP contribution >= 0.6 is 0 Å². The van der Waals surface area contributed by atoms with Gasteiger partial charge in [-0.05, 0) is 66.4 Å². The van der Waals surface area contributed by atoms with Gasteiger partial charge in [-0.25, -0.2) is 0 Å². The zero-order valence-electron chi connectivity index (χ0n) is 12.3. The Bertz CT molecular complexity index is 707. The van der Waals surface area contributed by atoms with Gasteiger partial charge in [-0.15, -0.1) is 0 Å². The molecule has 0 bridgehead atoms. The van der Waals surface area contributed by atoms with Gasteiger partial charge in [0.15, 0.2) is 0 Å². The summed E-state index contributed by atoms with van der Waals surface area (Å²) in [5.74, 6) is 1.70. The van der Waals surface area contributed by atoms with E-state index in [-0.39, 0.29) is 0 Å². The SMILES string of the molecule is Cc1[c]c(C)cc(-c2ccc(Oc3ccccc3)cc2)c1. The maximum Gasteiger partial charge on any atom is 0.127 e. The van der Waals surface area contributed by atoms with Crippen LogP contribution in [-0.2, 0) is 0 Å². The zero-order valence-corrected chi connectivity index (χ0v) is 12.3. The van der Waals surface area contributed by atoms with Gasteiger partial charge < -0.3 is 4.74 Å². The molecule has 1 nitrogen and oxygen atoms in total. The minimum Gasteiger partial charge on any atom is -0.457 e. The summed E-state index contributed by atoms with van der Waals surface area (Å²) in [4.78, 5) is 0. The molecule has 0 aliphatic carbocycles. The molecule has 0 saturated heterocycles. The fourth-order valence-electron chi connectivity index (χ4n) is 2.40. The van der Waals surface area contributed by atoms with Crippen molar-refractivity contribution in [2.75, 3.05) is 0 Å². The molecular formula is C20H17O. The number of rotatable bonds is 3. The molecule has 0 unspecified atom stereocenters. The first-order valence-corrected chi connectivity index (χ1v) is 7.04. The van der Waals surface area contributed by atoms with Gasteiger partial charge in [0, 0.05) is 0 Å². The molecule has 0 N–H and O–H groups in total. The summed E-state index contributed by atoms with van der Waals surface area (Å²) in [5.41, 5.74) is 4.73. The van der Waals surface area contributed by atoms with Gasteiger partial charge in [-0.1, -0.05) is 42.5 Å². The Morgan fingerprint density at radius 1 is 0.667 bits per heavy atom. The van der Waals surface area contributed by atoms with E-state index in [1.54, 1.807) is 0 Å². The van der Waals surface area contributed by atoms with Crippen LogP contribution in [0.15, 0.2) is 66.7 Å². The quantitative estimate of drug-likeness (QED) is 0.606. The highest BCUT2D eigenvalue weighted by atomic mass is 16.5. The number of para-hydroxylation sites is 1. The predicted molar refractivity (Wildman–Crippen MR) is 86.7 cm³/mol. The monoisotopic (exact) mass is 273 g/mol. The third kappa shape index (κ3) is 3.32. The van der Waals surface area contributed by atoms with Crippen LogP contribution in [0.5, 0.6) is 11.5 Å². The van der Waals surface area contributed by atoms with Crippen molar-refractivity contribution >= 4 is 0 Å². The van der Waals surface area contributed by atoms with E-state index in [0.717, 1.165) is 22.6 Å². The molecule has 0 atom stereocenters. The van der Waals surface area contributed by atoms with Crippen LogP contribution in [0.1, 0.15) is 11.1 Å². The molecule has 3 rings (SSSR count). The van der Waals surface area contributed by atoms with E-state index < -0.39 is 0 Å². The van der Waals surface area contributed by atoms with E-state index in [4.69, 9.17) is 4.74 Å². The molecule has 1 heteroatoms. The fourth-order valence-corrected chi connectivity index (χ4v) is 2.40. The van der Waals surface area contributed by atoms with E-state index in [2.05, 4.69) is 44.2 Å². The fraction of sp³-hybridized carbons (Fsp3) is 0.100. The van der Waals surface area contributed by atoms with E-state index in [0.29, 0.717) is 0 Å². The highest BCUT2D eigenvalue weighted by Gasteiger charge is 2.01. The Morgan fingerprint density at radius 2 is 1.24 bits per heavy atom. The highest BCUT2D eigenvalue weighted by molar-refractivity contribution is 5.65. The summed E-state index contributed by atoms with van der Waals surface area (Å²) < 4.78 is 5.81. The van der Waals surface area contributed by atoms with Crippen LogP contribution in [0.3, 0.4) is 0 Å². The molecule has 0 amide bonds. The molecule has 0 fully saturated rings. The second kappa shape index (κ2) is 5.84. The standard InChI is InChI=1S/C20H17O/c1-15-12-16(2)14-18(13-15)17-8-10-20(11-9-17)21-19-6-4-3-5-7-19/h3-11,13-14H,1-2H3. The van der Waals surface area contributed by atoms with Crippen molar-refractivity contribution < 1.29 is 4.74 Å². The molecule has 0 spiro atoms. The summed E-state index contributed by atoms with van der Waals surface area (Å²) in [7, 11) is 0. The van der Waals surface area contributed by atoms with Crippen molar-refractivity contribution in [3.8, 4) is 22.6 Å². The van der Waals surface area contributed by atoms with E-state index in [9.17, 15) is 0 Å². The number of benzene rings is 3. The largest absolute Gasteiger partial charge is 0.457 e. The summed E-state index contributed by atoms with van der Waals surface area (Å²) in [5, 5.41) is 0. The first kappa shape index (κ1) is 13.4. The molecule has 0 aliphatic heterocycles. The van der Waals surface area contributed by atoms with Crippen molar-refractivity contribution in [3.63, 3.8) is 0 Å². The Kier molecular flexibility index (Phi) is 3.74. The van der Waals surface area contributed by atoms with Gasteiger partial charge in [0.1, 0.15) is 11.5 Å². The van der Waals surface area contributed by atoms with Gasteiger partial charge in [-0.3, -0.25) is 0 Å². The van der Waals surface area contributed by atoms with Crippen molar-refractivity contribution in [2.45, 2.75) is 13.8 Å². The Labute approximate surface area is 125 Å². The van der Waals surface area contributed by atoms with Crippen molar-refractivity contribution in [2.24, 2.45) is 0 Å². The van der Waals surface area contributed by atoms with E-state index in [1.165, 1.54) is 11.1 Å². The lowest BCUT2D eigenvalue weighted by Crippen LogP contribution is -1.85. The van der Waals surface area contributed by atoms with Gasteiger partial charge >= 0.3 is 0 Å². The third-order valence-electron chi connectivity index (χ3n) is 3.30. The maximum atomic E-state index is 5.81. The van der Waals surface area contributed by atoms with Crippen molar-refractivity contribution in [1.82, 2.24) is 0 Å². The van der Waals surface area contributed by atoms with Crippen molar-refractivity contribution in [3.05, 3.63) is 83.9 Å². The summed E-state index contributed by atoms with van der Waals surface area (Å²) >= 11 is 0. The molecule has 21 heavy (non-hydrogen) atoms. The lowest BCUT2D eigenvalue weighted by atomic mass is 10.0. The smallest absolute Gasteiger partial charge is 0.127 e. The van der Waals surface area contributed by atoms with Crippen LogP contribution in [0.25, 0.3) is 11.1 Å². The molecule has 0 heterocycles. The second-order valence-electron chi connectivity index (χ2n) is 5.17. The summed E-state index contributed by atoms with van der Waals surface area (Å²) in [6.45, 7) is 4.15. The van der Waals surface area contributed by atoms with Crippen LogP contribution in [0.2, 0.25) is 0 Å². The molecule has 0 aliphatic rings. The Balaban J connectivity index is 1.84. The number of hydrogen-bond donors (Lipinski definition) is 0. The predicted octanol–water partition coefficient (Wildman–Crippen LogP) is 5.56. The minimum atomic E-state index is 0.848. The Morgan fingerprint density at radius 3 is 1.86 bits per heavy atom. The lowest BCUT2D eigenvalue weighted by molar-refractivity contribution is 0.483. The van der Waals surface area contributed by atoms with Gasteiger partial charge in [0.2, 0.25) is 0 Å². The Hall–Kier alpha value is -2.54. The lowest BCUT2D eigenvalue weighted by Gasteiger charge is -2.08. The highest BCUT2D eigenvalue weighted by Crippen LogP contribution is 2.26. The first-order valence-electron chi connectivity index (χ1n) is 7.04. The molecule has 103 valence electrons. The number of ether oxygens (including phenoxy) is 1. The van der Waals surface area contributed by atoms with Crippen molar-refractivity contribution in [1.29, 1.82) is 0 Å². The molecule has 3 aromatic carbocycles. The maximum absolute atomic E-state index is 5.81. The van der Waals surface area contributed by atoms with Crippen LogP contribution < -0.4 is 4.74 Å². The number of hydrogen-bond acceptors (Lipinski definition) is 1. The minimum absolute atomic E-state index is 0.848. The summed E-state index contributed by atoms with van der Waals surface area (Å²) in [6.07, 6.45) is 0. The number of aryl methyl sites for hydroxylation is 2. The van der Waals surface area contributed by atoms with Gasteiger partial charge in [0.25, 0.3) is 0 Å². The average Bonchev–Trinajstić information content (AvgIpc) is 2.48. The molecule has 3 aromatic rings. The molecular weight excluding hydrogens is 256 g/mol. The first-order chi connectivity index (χ1) is 10.2. The molecule has 0 saturated carbocycles. The van der Waals surface area contributed by atoms with E-state index in [1.807, 2.05) is 42.5 Å². The van der Waals surface area contributed by atoms with E-state index >= 15 is 0 Å². The van der Waals surface area contributed by atoms with Crippen LogP contribution in [0, 0.1) is 19.9 Å². The topological polar surface area (TPSA) is 9.23 Å². The van der Waals surface area contributed by atoms with Crippen LogP contribution in [-0.4, -0.2) is 0 Å². The third-order valence-corrected chi connectivity index (χ3v) is 3.30. The van der Waals surface area contributed by atoms with Gasteiger partial charge in [-0.2, -0.15) is 0 Å². The normalized spacial score (nSPS) is 10.4. The zero-order chi connectivity index (χ0) is 14.7.